The molecule has 0 radical (unpaired) electrons. The minimum Gasteiger partial charge on any atom is -0.352 e. The lowest BCUT2D eigenvalue weighted by Crippen LogP contribution is -2.51. The van der Waals surface area contributed by atoms with E-state index in [4.69, 9.17) is 0 Å². The second-order valence-corrected chi connectivity index (χ2v) is 18.6. The summed E-state index contributed by atoms with van der Waals surface area (Å²) in [5.74, 6) is -0.527. The van der Waals surface area contributed by atoms with Gasteiger partial charge in [-0.2, -0.15) is 4.31 Å². The zero-order valence-electron chi connectivity index (χ0n) is 36.4. The van der Waals surface area contributed by atoms with E-state index < -0.39 is 21.3 Å². The Morgan fingerprint density at radius 1 is 0.531 bits per heavy atom. The lowest BCUT2D eigenvalue weighted by atomic mass is 9.73. The molecule has 8 nitrogen and oxygen atoms in total. The number of rotatable bonds is 12. The van der Waals surface area contributed by atoms with Gasteiger partial charge in [-0.25, -0.2) is 17.2 Å². The third kappa shape index (κ3) is 13.5. The number of halogens is 2. The molecule has 0 unspecified atom stereocenters. The fraction of sp³-hybridized carbons (Fsp3) is 0.283. The van der Waals surface area contributed by atoms with E-state index in [2.05, 4.69) is 28.1 Å². The van der Waals surface area contributed by atoms with Gasteiger partial charge >= 0.3 is 0 Å². The monoisotopic (exact) mass is 884 g/mol. The molecule has 0 aliphatic carbocycles. The molecule has 2 saturated heterocycles. The molecule has 3 N–H and O–H groups in total. The molecule has 8 rings (SSSR count). The summed E-state index contributed by atoms with van der Waals surface area (Å²) in [5, 5.41) is 9.61. The predicted octanol–water partition coefficient (Wildman–Crippen LogP) is 9.21. The van der Waals surface area contributed by atoms with Crippen LogP contribution in [0.3, 0.4) is 0 Å². The van der Waals surface area contributed by atoms with Crippen molar-refractivity contribution in [3.63, 3.8) is 0 Å². The van der Waals surface area contributed by atoms with Gasteiger partial charge in [0.1, 0.15) is 11.6 Å². The Kier molecular flexibility index (Phi) is 17.1. The second-order valence-electron chi connectivity index (χ2n) is 16.6. The normalized spacial score (nSPS) is 15.5. The largest absolute Gasteiger partial charge is 0.352 e. The Morgan fingerprint density at radius 3 is 1.28 bits per heavy atom. The number of nitrogens with one attached hydrogen (secondary N) is 3. The molecule has 6 aromatic rings. The zero-order valence-corrected chi connectivity index (χ0v) is 37.2. The summed E-state index contributed by atoms with van der Waals surface area (Å²) in [7, 11) is -3.75. The molecular formula is C53H58F2N4O4S. The van der Waals surface area contributed by atoms with Crippen molar-refractivity contribution in [3.8, 4) is 0 Å². The molecule has 0 bridgehead atoms. The number of carbonyl (C=O) groups is 2. The highest BCUT2D eigenvalue weighted by molar-refractivity contribution is 7.89. The number of sulfonamides is 1. The summed E-state index contributed by atoms with van der Waals surface area (Å²) in [6, 6.07) is 51.2. The molecule has 2 amide bonds. The van der Waals surface area contributed by atoms with Crippen molar-refractivity contribution < 1.29 is 26.8 Å². The molecule has 2 aliphatic rings. The fourth-order valence-corrected chi connectivity index (χ4v) is 9.66. The molecule has 2 aliphatic heterocycles. The average molecular weight is 885 g/mol. The Hall–Kier alpha value is -6.01. The quantitative estimate of drug-likeness (QED) is 0.114. The number of carbonyl (C=O) groups excluding carboxylic acids is 2. The summed E-state index contributed by atoms with van der Waals surface area (Å²) < 4.78 is 52.8. The van der Waals surface area contributed by atoms with Crippen LogP contribution in [0.15, 0.2) is 175 Å². The van der Waals surface area contributed by atoms with Crippen molar-refractivity contribution >= 4 is 21.8 Å². The molecule has 11 heteroatoms. The van der Waals surface area contributed by atoms with Crippen LogP contribution in [-0.2, 0) is 45.5 Å². The maximum atomic E-state index is 13.4. The molecular weight excluding hydrogens is 827 g/mol. The van der Waals surface area contributed by atoms with Crippen molar-refractivity contribution in [2.45, 2.75) is 63.4 Å². The highest BCUT2D eigenvalue weighted by atomic mass is 32.2. The maximum absolute atomic E-state index is 13.4. The van der Waals surface area contributed by atoms with Crippen LogP contribution in [0.5, 0.6) is 0 Å². The summed E-state index contributed by atoms with van der Waals surface area (Å²) in [6.45, 7) is 5.23. The first kappa shape index (κ1) is 47.5. The summed E-state index contributed by atoms with van der Waals surface area (Å²) in [5.41, 5.74) is 4.53. The van der Waals surface area contributed by atoms with Gasteiger partial charge < -0.3 is 16.0 Å². The summed E-state index contributed by atoms with van der Waals surface area (Å²) >= 11 is 0. The van der Waals surface area contributed by atoms with Crippen LogP contribution in [0, 0.1) is 29.4 Å². The van der Waals surface area contributed by atoms with E-state index in [1.807, 2.05) is 116 Å². The van der Waals surface area contributed by atoms with E-state index in [1.165, 1.54) is 34.1 Å². The number of hydrogen-bond acceptors (Lipinski definition) is 5. The Balaban J connectivity index is 0.000000189. The minimum atomic E-state index is -3.75. The predicted molar refractivity (Wildman–Crippen MR) is 249 cm³/mol. The van der Waals surface area contributed by atoms with E-state index >= 15 is 0 Å². The number of hydrogen-bond donors (Lipinski definition) is 3. The van der Waals surface area contributed by atoms with E-state index in [0.717, 1.165) is 66.7 Å². The van der Waals surface area contributed by atoms with Crippen molar-refractivity contribution in [2.75, 3.05) is 26.2 Å². The lowest BCUT2D eigenvalue weighted by Gasteiger charge is -2.40. The third-order valence-electron chi connectivity index (χ3n) is 12.0. The van der Waals surface area contributed by atoms with Crippen LogP contribution in [0.25, 0.3) is 0 Å². The topological polar surface area (TPSA) is 108 Å². The van der Waals surface area contributed by atoms with Crippen LogP contribution < -0.4 is 16.0 Å². The first-order valence-corrected chi connectivity index (χ1v) is 23.3. The van der Waals surface area contributed by atoms with Gasteiger partial charge in [-0.1, -0.05) is 139 Å². The Labute approximate surface area is 377 Å². The Morgan fingerprint density at radius 2 is 0.891 bits per heavy atom. The third-order valence-corrected chi connectivity index (χ3v) is 13.9. The van der Waals surface area contributed by atoms with Gasteiger partial charge in [-0.3, -0.25) is 9.59 Å². The van der Waals surface area contributed by atoms with Crippen LogP contribution in [-0.4, -0.2) is 50.7 Å². The van der Waals surface area contributed by atoms with Crippen LogP contribution in [0.1, 0.15) is 53.5 Å². The number of nitrogens with zero attached hydrogens (tertiary/aromatic N) is 1. The molecule has 64 heavy (non-hydrogen) atoms. The zero-order chi connectivity index (χ0) is 45.3. The van der Waals surface area contributed by atoms with Crippen LogP contribution >= 0.6 is 0 Å². The maximum Gasteiger partial charge on any atom is 0.243 e. The molecule has 0 spiro atoms. The van der Waals surface area contributed by atoms with Crippen molar-refractivity contribution in [3.05, 3.63) is 209 Å². The van der Waals surface area contributed by atoms with E-state index in [0.29, 0.717) is 32.4 Å². The fourth-order valence-electron chi connectivity index (χ4n) is 8.22. The lowest BCUT2D eigenvalue weighted by molar-refractivity contribution is -0.133. The highest BCUT2D eigenvalue weighted by Gasteiger charge is 2.44. The van der Waals surface area contributed by atoms with Crippen LogP contribution in [0.2, 0.25) is 0 Å². The highest BCUT2D eigenvalue weighted by Crippen LogP contribution is 2.38. The molecule has 0 saturated carbocycles. The average Bonchev–Trinajstić information content (AvgIpc) is 3.33. The molecule has 0 aromatic heterocycles. The number of amides is 2. The second kappa shape index (κ2) is 23.1. The van der Waals surface area contributed by atoms with Crippen molar-refractivity contribution in [2.24, 2.45) is 10.8 Å². The molecule has 334 valence electrons. The van der Waals surface area contributed by atoms with Gasteiger partial charge in [0.25, 0.3) is 0 Å². The number of piperidine rings is 2. The molecule has 2 fully saturated rings. The first-order chi connectivity index (χ1) is 31.0. The van der Waals surface area contributed by atoms with Gasteiger partial charge in [0.2, 0.25) is 21.8 Å². The molecule has 6 aromatic carbocycles. The van der Waals surface area contributed by atoms with Crippen LogP contribution in [0.4, 0.5) is 8.78 Å². The van der Waals surface area contributed by atoms with Gasteiger partial charge in [0.15, 0.2) is 0 Å². The number of benzene rings is 6. The molecule has 2 heterocycles. The molecule has 0 atom stereocenters. The van der Waals surface area contributed by atoms with Gasteiger partial charge in [0.05, 0.1) is 15.7 Å². The van der Waals surface area contributed by atoms with E-state index in [-0.39, 0.29) is 41.0 Å². The Bertz CT molecular complexity index is 2430. The number of aryl methyl sites for hydroxylation is 1. The van der Waals surface area contributed by atoms with Crippen molar-refractivity contribution in [1.29, 1.82) is 0 Å². The van der Waals surface area contributed by atoms with Gasteiger partial charge in [0, 0.05) is 26.2 Å². The van der Waals surface area contributed by atoms with Crippen molar-refractivity contribution in [1.82, 2.24) is 20.3 Å². The summed E-state index contributed by atoms with van der Waals surface area (Å²) in [4.78, 5) is 26.5. The smallest absolute Gasteiger partial charge is 0.243 e. The first-order valence-electron chi connectivity index (χ1n) is 21.9. The standard InChI is InChI=1S/C26H27FN2O3S.C20H24N2O.C7H7F/c27-23-11-13-24(14-12-23)33(31,32)29-17-15-26(16-18-29,19-21-7-3-1-4-8-21)25(30)28-20-22-9-5-2-6-10-22;23-19(22-16-18-9-5-2-6-10-18)20(11-13-21-14-12-20)15-17-7-3-1-4-8-17;1-6-2-4-7(8)5-3-6/h1-14H,15-20H2,(H,28,30);1-10,21H,11-16H2,(H,22,23);2-5H,1H3. The minimum absolute atomic E-state index is 0.0611. The SMILES string of the molecule is Cc1ccc(F)cc1.O=C(NCc1ccccc1)C1(Cc2ccccc2)CCN(S(=O)(=O)c2ccc(F)cc2)CC1.O=C(NCc1ccccc1)C1(Cc2ccccc2)CCNCC1. The van der Waals surface area contributed by atoms with E-state index in [1.54, 1.807) is 12.1 Å². The van der Waals surface area contributed by atoms with Gasteiger partial charge in [-0.15, -0.1) is 0 Å². The summed E-state index contributed by atoms with van der Waals surface area (Å²) in [6.07, 6.45) is 3.95. The van der Waals surface area contributed by atoms with Gasteiger partial charge in [-0.05, 0) is 117 Å². The van der Waals surface area contributed by atoms with E-state index in [9.17, 15) is 26.8 Å².